The minimum Gasteiger partial charge on any atom is -0.497 e. The number of amides is 1. The molecule has 6 nitrogen and oxygen atoms in total. The molecule has 136 valence electrons. The first-order valence-electron chi connectivity index (χ1n) is 8.91. The molecule has 0 saturated carbocycles. The van der Waals surface area contributed by atoms with Crippen molar-refractivity contribution in [2.45, 2.75) is 19.9 Å². The summed E-state index contributed by atoms with van der Waals surface area (Å²) in [5, 5.41) is 3.83. The van der Waals surface area contributed by atoms with Crippen molar-refractivity contribution in [3.05, 3.63) is 60.3 Å². The molecule has 0 atom stereocenters. The number of ether oxygens (including phenoxy) is 1. The van der Waals surface area contributed by atoms with E-state index >= 15 is 0 Å². The van der Waals surface area contributed by atoms with Crippen LogP contribution >= 0.6 is 0 Å². The molecule has 0 aliphatic heterocycles. The van der Waals surface area contributed by atoms with Crippen LogP contribution in [0.1, 0.15) is 23.8 Å². The zero-order valence-electron chi connectivity index (χ0n) is 15.3. The van der Waals surface area contributed by atoms with E-state index in [4.69, 9.17) is 4.74 Å². The van der Waals surface area contributed by atoms with Gasteiger partial charge in [0.1, 0.15) is 11.4 Å². The summed E-state index contributed by atoms with van der Waals surface area (Å²) in [6.45, 7) is 2.88. The fraction of sp³-hybridized carbons (Fsp3) is 0.190. The van der Waals surface area contributed by atoms with Crippen molar-refractivity contribution in [2.24, 2.45) is 0 Å². The number of methoxy groups -OCH3 is 1. The van der Waals surface area contributed by atoms with Gasteiger partial charge in [0, 0.05) is 11.9 Å². The predicted octanol–water partition coefficient (Wildman–Crippen LogP) is 4.26. The second-order valence-corrected chi connectivity index (χ2v) is 6.29. The average Bonchev–Trinajstić information content (AvgIpc) is 3.04. The molecule has 2 aromatic carbocycles. The van der Waals surface area contributed by atoms with Crippen LogP contribution in [0.4, 0.5) is 5.95 Å². The van der Waals surface area contributed by atoms with Gasteiger partial charge in [0.25, 0.3) is 5.91 Å². The number of pyridine rings is 1. The van der Waals surface area contributed by atoms with Crippen LogP contribution < -0.4 is 10.1 Å². The number of nitrogens with zero attached hydrogens (tertiary/aromatic N) is 3. The van der Waals surface area contributed by atoms with E-state index in [1.807, 2.05) is 53.1 Å². The maximum Gasteiger partial charge on any atom is 0.276 e. The van der Waals surface area contributed by atoms with Gasteiger partial charge >= 0.3 is 0 Å². The molecular weight excluding hydrogens is 340 g/mol. The third-order valence-electron chi connectivity index (χ3n) is 4.46. The highest BCUT2D eigenvalue weighted by molar-refractivity contribution is 6.04. The second-order valence-electron chi connectivity index (χ2n) is 6.29. The van der Waals surface area contributed by atoms with Crippen molar-refractivity contribution in [3.63, 3.8) is 0 Å². The number of para-hydroxylation sites is 2. The van der Waals surface area contributed by atoms with E-state index in [-0.39, 0.29) is 5.91 Å². The van der Waals surface area contributed by atoms with Crippen molar-refractivity contribution in [2.75, 3.05) is 12.4 Å². The van der Waals surface area contributed by atoms with Crippen molar-refractivity contribution in [1.29, 1.82) is 0 Å². The maximum atomic E-state index is 12.8. The molecule has 4 aromatic rings. The number of hydrogen-bond donors (Lipinski definition) is 1. The van der Waals surface area contributed by atoms with E-state index in [1.165, 1.54) is 0 Å². The zero-order chi connectivity index (χ0) is 18.8. The molecule has 1 N–H and O–H groups in total. The topological polar surface area (TPSA) is 69.0 Å². The van der Waals surface area contributed by atoms with Crippen LogP contribution in [0.5, 0.6) is 5.75 Å². The number of imidazole rings is 1. The van der Waals surface area contributed by atoms with Crippen LogP contribution in [0.2, 0.25) is 0 Å². The molecule has 0 aliphatic carbocycles. The quantitative estimate of drug-likeness (QED) is 0.577. The minimum atomic E-state index is -0.277. The van der Waals surface area contributed by atoms with Crippen molar-refractivity contribution in [3.8, 4) is 5.75 Å². The summed E-state index contributed by atoms with van der Waals surface area (Å²) in [6.07, 6.45) is 0.944. The molecule has 0 unspecified atom stereocenters. The third kappa shape index (κ3) is 3.21. The van der Waals surface area contributed by atoms with Crippen LogP contribution in [0, 0.1) is 0 Å². The summed E-state index contributed by atoms with van der Waals surface area (Å²) in [5.74, 6) is 1.02. The number of anilines is 1. The fourth-order valence-electron chi connectivity index (χ4n) is 3.14. The number of rotatable bonds is 5. The Kier molecular flexibility index (Phi) is 4.46. The Labute approximate surface area is 156 Å². The standard InChI is InChI=1S/C21H20N4O2/c1-3-12-25-19-7-5-4-6-17(19)23-21(25)24-20(26)18-10-8-14-13-15(27-2)9-11-16(14)22-18/h4-11,13H,3,12H2,1-2H3,(H,23,24,26). The molecule has 0 aliphatic rings. The number of aryl methyl sites for hydroxylation is 1. The van der Waals surface area contributed by atoms with Gasteiger partial charge in [0.05, 0.1) is 23.7 Å². The Morgan fingerprint density at radius 3 is 2.74 bits per heavy atom. The number of aromatic nitrogens is 3. The van der Waals surface area contributed by atoms with Crippen molar-refractivity contribution in [1.82, 2.24) is 14.5 Å². The number of nitrogens with one attached hydrogen (secondary N) is 1. The molecule has 0 bridgehead atoms. The van der Waals surface area contributed by atoms with Crippen LogP contribution in [-0.4, -0.2) is 27.6 Å². The third-order valence-corrected chi connectivity index (χ3v) is 4.46. The van der Waals surface area contributed by atoms with E-state index in [9.17, 15) is 4.79 Å². The van der Waals surface area contributed by atoms with Crippen molar-refractivity contribution >= 4 is 33.8 Å². The molecule has 0 fully saturated rings. The summed E-state index contributed by atoms with van der Waals surface area (Å²) in [7, 11) is 1.62. The van der Waals surface area contributed by atoms with Gasteiger partial charge in [-0.2, -0.15) is 0 Å². The highest BCUT2D eigenvalue weighted by Crippen LogP contribution is 2.22. The molecule has 4 rings (SSSR count). The highest BCUT2D eigenvalue weighted by atomic mass is 16.5. The Hall–Kier alpha value is -3.41. The van der Waals surface area contributed by atoms with Gasteiger partial charge in [0.2, 0.25) is 5.95 Å². The maximum absolute atomic E-state index is 12.8. The lowest BCUT2D eigenvalue weighted by atomic mass is 10.2. The van der Waals surface area contributed by atoms with E-state index in [0.717, 1.165) is 40.7 Å². The lowest BCUT2D eigenvalue weighted by Gasteiger charge is -2.09. The van der Waals surface area contributed by atoms with Crippen LogP contribution in [0.3, 0.4) is 0 Å². The minimum absolute atomic E-state index is 0.277. The largest absolute Gasteiger partial charge is 0.497 e. The SMILES string of the molecule is CCCn1c(NC(=O)c2ccc3cc(OC)ccc3n2)nc2ccccc21. The van der Waals surface area contributed by atoms with Gasteiger partial charge in [-0.1, -0.05) is 25.1 Å². The van der Waals surface area contributed by atoms with Crippen LogP contribution in [0.15, 0.2) is 54.6 Å². The van der Waals surface area contributed by atoms with Gasteiger partial charge in [-0.05, 0) is 42.8 Å². The number of carbonyl (C=O) groups is 1. The molecule has 2 heterocycles. The van der Waals surface area contributed by atoms with Gasteiger partial charge in [-0.25, -0.2) is 9.97 Å². The van der Waals surface area contributed by atoms with Crippen molar-refractivity contribution < 1.29 is 9.53 Å². The smallest absolute Gasteiger partial charge is 0.276 e. The van der Waals surface area contributed by atoms with Crippen LogP contribution in [-0.2, 0) is 6.54 Å². The summed E-state index contributed by atoms with van der Waals surface area (Å²) < 4.78 is 7.25. The van der Waals surface area contributed by atoms with E-state index in [1.54, 1.807) is 13.2 Å². The number of fused-ring (bicyclic) bond motifs is 2. The first-order chi connectivity index (χ1) is 13.2. The lowest BCUT2D eigenvalue weighted by molar-refractivity contribution is 0.102. The normalized spacial score (nSPS) is 11.0. The number of benzene rings is 2. The van der Waals surface area contributed by atoms with Gasteiger partial charge in [0.15, 0.2) is 0 Å². The molecule has 1 amide bonds. The summed E-state index contributed by atoms with van der Waals surface area (Å²) in [6, 6.07) is 17.0. The Bertz CT molecular complexity index is 1130. The molecule has 27 heavy (non-hydrogen) atoms. The molecule has 0 spiro atoms. The summed E-state index contributed by atoms with van der Waals surface area (Å²) in [5.41, 5.74) is 2.96. The first-order valence-corrected chi connectivity index (χ1v) is 8.91. The van der Waals surface area contributed by atoms with Gasteiger partial charge < -0.3 is 9.30 Å². The van der Waals surface area contributed by atoms with Crippen LogP contribution in [0.25, 0.3) is 21.9 Å². The van der Waals surface area contributed by atoms with E-state index < -0.39 is 0 Å². The van der Waals surface area contributed by atoms with E-state index in [2.05, 4.69) is 22.2 Å². The highest BCUT2D eigenvalue weighted by Gasteiger charge is 2.15. The second kappa shape index (κ2) is 7.07. The molecule has 6 heteroatoms. The Morgan fingerprint density at radius 2 is 1.93 bits per heavy atom. The average molecular weight is 360 g/mol. The summed E-state index contributed by atoms with van der Waals surface area (Å²) in [4.78, 5) is 21.8. The molecule has 0 saturated heterocycles. The van der Waals surface area contributed by atoms with Gasteiger partial charge in [-0.3, -0.25) is 10.1 Å². The Morgan fingerprint density at radius 1 is 1.07 bits per heavy atom. The fourth-order valence-corrected chi connectivity index (χ4v) is 3.14. The summed E-state index contributed by atoms with van der Waals surface area (Å²) >= 11 is 0. The molecule has 2 aromatic heterocycles. The number of hydrogen-bond acceptors (Lipinski definition) is 4. The first kappa shape index (κ1) is 17.0. The zero-order valence-corrected chi connectivity index (χ0v) is 15.3. The van der Waals surface area contributed by atoms with E-state index in [0.29, 0.717) is 11.6 Å². The Balaban J connectivity index is 1.67. The number of carbonyl (C=O) groups excluding carboxylic acids is 1. The molecular formula is C21H20N4O2. The molecule has 0 radical (unpaired) electrons. The monoisotopic (exact) mass is 360 g/mol. The van der Waals surface area contributed by atoms with Gasteiger partial charge in [-0.15, -0.1) is 0 Å². The predicted molar refractivity (Wildman–Crippen MR) is 106 cm³/mol. The lowest BCUT2D eigenvalue weighted by Crippen LogP contribution is -2.17.